The number of aryl methyl sites for hydroxylation is 1. The Morgan fingerprint density at radius 2 is 1.94 bits per heavy atom. The van der Waals surface area contributed by atoms with E-state index in [1.807, 2.05) is 19.2 Å². The lowest BCUT2D eigenvalue weighted by Crippen LogP contribution is -1.93. The van der Waals surface area contributed by atoms with Crippen LogP contribution in [-0.2, 0) is 7.05 Å². The predicted molar refractivity (Wildman–Crippen MR) is 69.0 cm³/mol. The summed E-state index contributed by atoms with van der Waals surface area (Å²) >= 11 is 5.89. The van der Waals surface area contributed by atoms with Crippen molar-refractivity contribution in [3.63, 3.8) is 0 Å². The van der Waals surface area contributed by atoms with Gasteiger partial charge in [0, 0.05) is 24.0 Å². The van der Waals surface area contributed by atoms with Crippen LogP contribution >= 0.6 is 11.6 Å². The van der Waals surface area contributed by atoms with E-state index in [0.717, 1.165) is 11.4 Å². The zero-order valence-corrected chi connectivity index (χ0v) is 10.0. The molecule has 0 fully saturated rings. The molecular formula is C13H10ClN3. The molecule has 1 aromatic carbocycles. The van der Waals surface area contributed by atoms with Gasteiger partial charge in [-0.1, -0.05) is 29.8 Å². The molecule has 2 aromatic heterocycles. The van der Waals surface area contributed by atoms with E-state index in [4.69, 9.17) is 11.6 Å². The van der Waals surface area contributed by atoms with Crippen LogP contribution in [0.3, 0.4) is 0 Å². The zero-order valence-electron chi connectivity index (χ0n) is 9.26. The molecule has 0 aliphatic heterocycles. The van der Waals surface area contributed by atoms with Crippen molar-refractivity contribution < 1.29 is 0 Å². The number of benzene rings is 1. The normalized spacial score (nSPS) is 10.9. The average Bonchev–Trinajstić information content (AvgIpc) is 2.68. The van der Waals surface area contributed by atoms with Crippen LogP contribution in [0.4, 0.5) is 0 Å². The van der Waals surface area contributed by atoms with Crippen LogP contribution in [0.25, 0.3) is 22.3 Å². The fraction of sp³-hybridized carbons (Fsp3) is 0.0769. The summed E-state index contributed by atoms with van der Waals surface area (Å²) in [5, 5.41) is 1.65. The standard InChI is InChI=1S/C13H10ClN3/c1-17-11-5-3-2-4-9(11)6-12(17)10-7-13(14)16-8-15-10/h2-8H,1H3. The number of rotatable bonds is 1. The predicted octanol–water partition coefficient (Wildman–Crippen LogP) is 3.29. The molecule has 17 heavy (non-hydrogen) atoms. The highest BCUT2D eigenvalue weighted by atomic mass is 35.5. The maximum absolute atomic E-state index is 5.89. The van der Waals surface area contributed by atoms with Crippen molar-refractivity contribution in [1.82, 2.24) is 14.5 Å². The largest absolute Gasteiger partial charge is 0.342 e. The van der Waals surface area contributed by atoms with Crippen LogP contribution in [0.1, 0.15) is 0 Å². The third-order valence-corrected chi connectivity index (χ3v) is 3.05. The summed E-state index contributed by atoms with van der Waals surface area (Å²) in [6.45, 7) is 0. The molecule has 84 valence electrons. The van der Waals surface area contributed by atoms with Gasteiger partial charge in [-0.25, -0.2) is 9.97 Å². The van der Waals surface area contributed by atoms with Gasteiger partial charge in [0.25, 0.3) is 0 Å². The molecule has 0 saturated heterocycles. The van der Waals surface area contributed by atoms with Crippen molar-refractivity contribution >= 4 is 22.5 Å². The number of fused-ring (bicyclic) bond motifs is 1. The molecule has 3 rings (SSSR count). The Kier molecular flexibility index (Phi) is 2.34. The van der Waals surface area contributed by atoms with E-state index in [0.29, 0.717) is 5.15 Å². The quantitative estimate of drug-likeness (QED) is 0.614. The maximum Gasteiger partial charge on any atom is 0.133 e. The molecule has 0 aliphatic carbocycles. The molecule has 0 bridgehead atoms. The molecule has 4 heteroatoms. The summed E-state index contributed by atoms with van der Waals surface area (Å²) in [4.78, 5) is 8.14. The minimum absolute atomic E-state index is 0.459. The van der Waals surface area contributed by atoms with Gasteiger partial charge in [-0.2, -0.15) is 0 Å². The Balaban J connectivity index is 2.27. The first-order valence-electron chi connectivity index (χ1n) is 5.28. The summed E-state index contributed by atoms with van der Waals surface area (Å²) in [6.07, 6.45) is 1.48. The first-order valence-corrected chi connectivity index (χ1v) is 5.66. The molecule has 0 spiro atoms. The molecule has 0 saturated carbocycles. The number of nitrogens with zero attached hydrogens (tertiary/aromatic N) is 3. The van der Waals surface area contributed by atoms with Crippen LogP contribution in [0, 0.1) is 0 Å². The van der Waals surface area contributed by atoms with Crippen LogP contribution in [0.15, 0.2) is 42.7 Å². The van der Waals surface area contributed by atoms with Gasteiger partial charge in [-0.05, 0) is 12.1 Å². The first kappa shape index (κ1) is 10.3. The SMILES string of the molecule is Cn1c(-c2cc(Cl)ncn2)cc2ccccc21. The van der Waals surface area contributed by atoms with Gasteiger partial charge < -0.3 is 4.57 Å². The minimum atomic E-state index is 0.459. The summed E-state index contributed by atoms with van der Waals surface area (Å²) in [5.74, 6) is 0. The number of hydrogen-bond donors (Lipinski definition) is 0. The first-order chi connectivity index (χ1) is 8.25. The summed E-state index contributed by atoms with van der Waals surface area (Å²) < 4.78 is 2.11. The van der Waals surface area contributed by atoms with Gasteiger partial charge in [0.2, 0.25) is 0 Å². The summed E-state index contributed by atoms with van der Waals surface area (Å²) in [5.41, 5.74) is 3.05. The molecule has 0 N–H and O–H groups in total. The van der Waals surface area contributed by atoms with Gasteiger partial charge in [0.15, 0.2) is 0 Å². The Morgan fingerprint density at radius 1 is 1.12 bits per heavy atom. The summed E-state index contributed by atoms with van der Waals surface area (Å²) in [6, 6.07) is 12.1. The second-order valence-electron chi connectivity index (χ2n) is 3.87. The van der Waals surface area contributed by atoms with Gasteiger partial charge in [0.1, 0.15) is 11.5 Å². The highest BCUT2D eigenvalue weighted by Gasteiger charge is 2.08. The van der Waals surface area contributed by atoms with Crippen LogP contribution in [-0.4, -0.2) is 14.5 Å². The molecule has 0 aliphatic rings. The third kappa shape index (κ3) is 1.68. The molecule has 0 amide bonds. The second-order valence-corrected chi connectivity index (χ2v) is 4.26. The molecule has 0 unspecified atom stereocenters. The topological polar surface area (TPSA) is 30.7 Å². The Hall–Kier alpha value is -1.87. The van der Waals surface area contributed by atoms with Gasteiger partial charge in [-0.15, -0.1) is 0 Å². The van der Waals surface area contributed by atoms with E-state index < -0.39 is 0 Å². The molecule has 3 aromatic rings. The maximum atomic E-state index is 5.89. The van der Waals surface area contributed by atoms with E-state index in [2.05, 4.69) is 32.7 Å². The second kappa shape index (κ2) is 3.86. The minimum Gasteiger partial charge on any atom is -0.342 e. The van der Waals surface area contributed by atoms with Crippen LogP contribution in [0.2, 0.25) is 5.15 Å². The highest BCUT2D eigenvalue weighted by molar-refractivity contribution is 6.29. The van der Waals surface area contributed by atoms with Crippen LogP contribution in [0.5, 0.6) is 0 Å². The number of hydrogen-bond acceptors (Lipinski definition) is 2. The Bertz CT molecular complexity index is 688. The van der Waals surface area contributed by atoms with E-state index in [1.54, 1.807) is 6.07 Å². The van der Waals surface area contributed by atoms with Gasteiger partial charge in [0.05, 0.1) is 11.4 Å². The van der Waals surface area contributed by atoms with Gasteiger partial charge >= 0.3 is 0 Å². The molecule has 2 heterocycles. The third-order valence-electron chi connectivity index (χ3n) is 2.85. The Labute approximate surface area is 104 Å². The molecule has 0 atom stereocenters. The fourth-order valence-electron chi connectivity index (χ4n) is 2.01. The van der Waals surface area contributed by atoms with Crippen LogP contribution < -0.4 is 0 Å². The van der Waals surface area contributed by atoms with Crippen molar-refractivity contribution in [3.05, 3.63) is 47.9 Å². The Morgan fingerprint density at radius 3 is 2.71 bits per heavy atom. The van der Waals surface area contributed by atoms with E-state index in [9.17, 15) is 0 Å². The number of aromatic nitrogens is 3. The summed E-state index contributed by atoms with van der Waals surface area (Å²) in [7, 11) is 2.02. The van der Waals surface area contributed by atoms with E-state index in [1.165, 1.54) is 17.2 Å². The van der Waals surface area contributed by atoms with Gasteiger partial charge in [-0.3, -0.25) is 0 Å². The van der Waals surface area contributed by atoms with Crippen molar-refractivity contribution in [1.29, 1.82) is 0 Å². The van der Waals surface area contributed by atoms with Crippen molar-refractivity contribution in [3.8, 4) is 11.4 Å². The lowest BCUT2D eigenvalue weighted by molar-refractivity contribution is 0.967. The smallest absolute Gasteiger partial charge is 0.133 e. The lowest BCUT2D eigenvalue weighted by atomic mass is 10.2. The lowest BCUT2D eigenvalue weighted by Gasteiger charge is -2.03. The molecule has 0 radical (unpaired) electrons. The zero-order chi connectivity index (χ0) is 11.8. The van der Waals surface area contributed by atoms with Crippen molar-refractivity contribution in [2.45, 2.75) is 0 Å². The van der Waals surface area contributed by atoms with Crippen molar-refractivity contribution in [2.75, 3.05) is 0 Å². The number of para-hydroxylation sites is 1. The average molecular weight is 244 g/mol. The highest BCUT2D eigenvalue weighted by Crippen LogP contribution is 2.26. The fourth-order valence-corrected chi connectivity index (χ4v) is 2.16. The van der Waals surface area contributed by atoms with Crippen molar-refractivity contribution in [2.24, 2.45) is 7.05 Å². The van der Waals surface area contributed by atoms with E-state index >= 15 is 0 Å². The monoisotopic (exact) mass is 243 g/mol. The van der Waals surface area contributed by atoms with E-state index in [-0.39, 0.29) is 0 Å². The molecular weight excluding hydrogens is 234 g/mol. The molecule has 3 nitrogen and oxygen atoms in total. The number of halogens is 1.